The Kier molecular flexibility index (Phi) is 4.84. The van der Waals surface area contributed by atoms with Crippen LogP contribution in [0.1, 0.15) is 0 Å². The molecule has 0 unspecified atom stereocenters. The minimum absolute atomic E-state index is 0.0268. The Morgan fingerprint density at radius 2 is 1.41 bits per heavy atom. The smallest absolute Gasteiger partial charge is 0.361 e. The van der Waals surface area contributed by atoms with Crippen molar-refractivity contribution in [1.29, 1.82) is 0 Å². The van der Waals surface area contributed by atoms with Crippen molar-refractivity contribution in [3.05, 3.63) is 65.1 Å². The van der Waals surface area contributed by atoms with Crippen LogP contribution in [-0.2, 0) is 0 Å². The van der Waals surface area contributed by atoms with E-state index in [-0.39, 0.29) is 39.8 Å². The summed E-state index contributed by atoms with van der Waals surface area (Å²) in [5.74, 6) is 0.475. The average Bonchev–Trinajstić information content (AvgIpc) is 3.24. The van der Waals surface area contributed by atoms with E-state index in [1.54, 1.807) is 47.0 Å². The average molecular weight is 499 g/mol. The Morgan fingerprint density at radius 1 is 0.730 bits per heavy atom. The van der Waals surface area contributed by atoms with E-state index in [9.17, 15) is 20.1 Å². The molecule has 9 nitrogen and oxygen atoms in total. The molecule has 37 heavy (non-hydrogen) atoms. The van der Waals surface area contributed by atoms with Gasteiger partial charge in [-0.05, 0) is 47.3 Å². The van der Waals surface area contributed by atoms with Crippen molar-refractivity contribution in [1.82, 2.24) is 4.40 Å². The summed E-state index contributed by atoms with van der Waals surface area (Å²) >= 11 is 0. The van der Waals surface area contributed by atoms with Crippen molar-refractivity contribution in [3.63, 3.8) is 0 Å². The van der Waals surface area contributed by atoms with Gasteiger partial charge < -0.3 is 38.3 Å². The fraction of sp³-hybridized carbons (Fsp3) is 0.107. The molecule has 0 atom stereocenters. The predicted molar refractivity (Wildman–Crippen MR) is 139 cm³/mol. The van der Waals surface area contributed by atoms with Crippen LogP contribution in [0.4, 0.5) is 0 Å². The molecule has 0 saturated carbocycles. The lowest BCUT2D eigenvalue weighted by Gasteiger charge is -2.11. The number of methoxy groups -OCH3 is 3. The number of aromatic nitrogens is 1. The van der Waals surface area contributed by atoms with Crippen LogP contribution in [-0.4, -0.2) is 41.0 Å². The summed E-state index contributed by atoms with van der Waals surface area (Å²) < 4.78 is 23.2. The highest BCUT2D eigenvalue weighted by atomic mass is 16.5. The van der Waals surface area contributed by atoms with Gasteiger partial charge in [0.1, 0.15) is 11.1 Å². The summed E-state index contributed by atoms with van der Waals surface area (Å²) in [5.41, 5.74) is 1.68. The number of ether oxygens (including phenoxy) is 3. The van der Waals surface area contributed by atoms with Crippen LogP contribution in [0, 0.1) is 0 Å². The summed E-state index contributed by atoms with van der Waals surface area (Å²) in [6.45, 7) is 0. The monoisotopic (exact) mass is 499 g/mol. The molecule has 6 aromatic rings. The lowest BCUT2D eigenvalue weighted by atomic mass is 9.98. The van der Waals surface area contributed by atoms with Crippen LogP contribution < -0.4 is 19.8 Å². The Bertz CT molecular complexity index is 1950. The molecule has 0 amide bonds. The van der Waals surface area contributed by atoms with E-state index in [0.29, 0.717) is 43.9 Å². The molecule has 0 aliphatic heterocycles. The lowest BCUT2D eigenvalue weighted by Crippen LogP contribution is -2.02. The first-order valence-corrected chi connectivity index (χ1v) is 11.2. The summed E-state index contributed by atoms with van der Waals surface area (Å²) in [6.07, 6.45) is 1.71. The van der Waals surface area contributed by atoms with E-state index in [2.05, 4.69) is 0 Å². The predicted octanol–water partition coefficient (Wildman–Crippen LogP) is 5.16. The fourth-order valence-corrected chi connectivity index (χ4v) is 4.98. The second-order valence-corrected chi connectivity index (χ2v) is 8.54. The molecule has 0 fully saturated rings. The number of hydrogen-bond acceptors (Lipinski definition) is 8. The van der Waals surface area contributed by atoms with Gasteiger partial charge in [0, 0.05) is 34.0 Å². The second-order valence-electron chi connectivity index (χ2n) is 8.54. The van der Waals surface area contributed by atoms with E-state index in [0.717, 1.165) is 0 Å². The van der Waals surface area contributed by atoms with Crippen LogP contribution in [0.2, 0.25) is 0 Å². The number of nitrogens with zero attached hydrogens (tertiary/aromatic N) is 1. The van der Waals surface area contributed by atoms with Crippen molar-refractivity contribution in [3.8, 4) is 45.6 Å². The molecule has 186 valence electrons. The molecule has 3 aromatic heterocycles. The number of pyridine rings is 1. The van der Waals surface area contributed by atoms with Crippen molar-refractivity contribution >= 4 is 38.2 Å². The maximum Gasteiger partial charge on any atom is 0.361 e. The summed E-state index contributed by atoms with van der Waals surface area (Å²) in [7, 11) is 4.32. The maximum absolute atomic E-state index is 13.4. The Hall–Kier alpha value is -5.05. The van der Waals surface area contributed by atoms with Gasteiger partial charge in [0.05, 0.1) is 26.8 Å². The molecule has 3 aromatic carbocycles. The SMILES string of the molecule is COc1ccc(-c2c3c4cc(O)c(OC)cc4oc(=O)c3n3ccc4cc(O)c(OC)cc4c23)cc1O. The van der Waals surface area contributed by atoms with Gasteiger partial charge in [0.15, 0.2) is 34.5 Å². The Labute approximate surface area is 208 Å². The largest absolute Gasteiger partial charge is 0.504 e. The first kappa shape index (κ1) is 22.4. The summed E-state index contributed by atoms with van der Waals surface area (Å²) in [5, 5.41) is 34.0. The zero-order valence-corrected chi connectivity index (χ0v) is 20.0. The van der Waals surface area contributed by atoms with E-state index in [1.807, 2.05) is 0 Å². The molecule has 0 aliphatic rings. The molecule has 0 saturated heterocycles. The topological polar surface area (TPSA) is 123 Å². The lowest BCUT2D eigenvalue weighted by molar-refractivity contribution is 0.373. The molecule has 0 bridgehead atoms. The number of benzene rings is 3. The molecule has 0 radical (unpaired) electrons. The Morgan fingerprint density at radius 3 is 2.11 bits per heavy atom. The first-order valence-electron chi connectivity index (χ1n) is 11.2. The standard InChI is InChI=1S/C28H21NO8/c1-34-20-5-4-14(9-17(20)30)24-25-16-10-19(32)23(36-3)12-21(16)37-28(33)27(25)29-7-6-13-8-18(31)22(35-2)11-15(13)26(24)29/h4-12,30-32H,1-3H3. The van der Waals surface area contributed by atoms with Crippen molar-refractivity contribution < 1.29 is 33.9 Å². The molecule has 3 N–H and O–H groups in total. The summed E-state index contributed by atoms with van der Waals surface area (Å²) in [6, 6.07) is 12.9. The van der Waals surface area contributed by atoms with Crippen LogP contribution in [0.15, 0.2) is 63.9 Å². The molecule has 0 spiro atoms. The van der Waals surface area contributed by atoms with Crippen molar-refractivity contribution in [2.45, 2.75) is 0 Å². The number of aromatic hydroxyl groups is 3. The Balaban J connectivity index is 1.92. The van der Waals surface area contributed by atoms with Crippen LogP contribution in [0.25, 0.3) is 49.3 Å². The van der Waals surface area contributed by atoms with Gasteiger partial charge >= 0.3 is 5.63 Å². The number of phenolic OH excluding ortho intramolecular Hbond substituents is 3. The minimum atomic E-state index is -0.598. The van der Waals surface area contributed by atoms with Crippen molar-refractivity contribution in [2.24, 2.45) is 0 Å². The molecule has 3 heterocycles. The van der Waals surface area contributed by atoms with Gasteiger partial charge in [-0.25, -0.2) is 4.79 Å². The fourth-order valence-electron chi connectivity index (χ4n) is 4.98. The molecular formula is C28H21NO8. The maximum atomic E-state index is 13.4. The van der Waals surface area contributed by atoms with E-state index in [4.69, 9.17) is 18.6 Å². The van der Waals surface area contributed by atoms with E-state index >= 15 is 0 Å². The van der Waals surface area contributed by atoms with E-state index < -0.39 is 5.63 Å². The second kappa shape index (κ2) is 7.99. The zero-order valence-electron chi connectivity index (χ0n) is 20.0. The van der Waals surface area contributed by atoms with E-state index in [1.165, 1.54) is 33.5 Å². The number of fused-ring (bicyclic) bond motifs is 7. The number of rotatable bonds is 4. The van der Waals surface area contributed by atoms with Crippen LogP contribution in [0.3, 0.4) is 0 Å². The highest BCUT2D eigenvalue weighted by Crippen LogP contribution is 2.45. The van der Waals surface area contributed by atoms with Gasteiger partial charge in [0.25, 0.3) is 0 Å². The van der Waals surface area contributed by atoms with Crippen LogP contribution in [0.5, 0.6) is 34.5 Å². The minimum Gasteiger partial charge on any atom is -0.504 e. The summed E-state index contributed by atoms with van der Waals surface area (Å²) in [4.78, 5) is 13.4. The third-order valence-electron chi connectivity index (χ3n) is 6.63. The molecular weight excluding hydrogens is 478 g/mol. The van der Waals surface area contributed by atoms with Gasteiger partial charge in [-0.2, -0.15) is 0 Å². The highest BCUT2D eigenvalue weighted by molar-refractivity contribution is 6.21. The highest BCUT2D eigenvalue weighted by Gasteiger charge is 2.24. The van der Waals surface area contributed by atoms with Gasteiger partial charge in [0.2, 0.25) is 0 Å². The normalized spacial score (nSPS) is 11.5. The van der Waals surface area contributed by atoms with Gasteiger partial charge in [-0.15, -0.1) is 0 Å². The third kappa shape index (κ3) is 3.14. The third-order valence-corrected chi connectivity index (χ3v) is 6.63. The molecule has 6 rings (SSSR count). The van der Waals surface area contributed by atoms with Crippen LogP contribution >= 0.6 is 0 Å². The zero-order chi connectivity index (χ0) is 26.0. The molecule has 9 heteroatoms. The number of hydrogen-bond donors (Lipinski definition) is 3. The first-order chi connectivity index (χ1) is 17.9. The van der Waals surface area contributed by atoms with Crippen molar-refractivity contribution in [2.75, 3.05) is 21.3 Å². The quantitative estimate of drug-likeness (QED) is 0.284. The molecule has 0 aliphatic carbocycles. The van der Waals surface area contributed by atoms with Gasteiger partial charge in [-0.1, -0.05) is 6.07 Å². The van der Waals surface area contributed by atoms with Gasteiger partial charge in [-0.3, -0.25) is 0 Å². The number of phenols is 3.